The van der Waals surface area contributed by atoms with Gasteiger partial charge in [0.1, 0.15) is 29.9 Å². The maximum absolute atomic E-state index is 10.8. The van der Waals surface area contributed by atoms with Crippen molar-refractivity contribution in [1.29, 1.82) is 0 Å². The smallest absolute Gasteiger partial charge is 0.269 e. The van der Waals surface area contributed by atoms with Crippen LogP contribution in [-0.2, 0) is 14.2 Å². The lowest BCUT2D eigenvalue weighted by molar-refractivity contribution is -0.384. The summed E-state index contributed by atoms with van der Waals surface area (Å²) in [4.78, 5) is 11.2. The van der Waals surface area contributed by atoms with Crippen LogP contribution in [-0.4, -0.2) is 51.6 Å². The van der Waals surface area contributed by atoms with Gasteiger partial charge in [-0.05, 0) is 31.2 Å². The molecule has 0 aliphatic carbocycles. The predicted octanol–water partition coefficient (Wildman–Crippen LogP) is 2.56. The van der Waals surface area contributed by atoms with Gasteiger partial charge in [-0.1, -0.05) is 29.5 Å². The lowest BCUT2D eigenvalue weighted by Crippen LogP contribution is -2.60. The molecule has 2 aliphatic heterocycles. The molecule has 0 amide bonds. The summed E-state index contributed by atoms with van der Waals surface area (Å²) < 4.78 is 17.5. The van der Waals surface area contributed by atoms with Crippen LogP contribution in [0, 0.1) is 17.0 Å². The van der Waals surface area contributed by atoms with E-state index in [4.69, 9.17) is 14.2 Å². The largest absolute Gasteiger partial charge is 0.387 e. The Labute approximate surface area is 171 Å². The van der Waals surface area contributed by atoms with E-state index in [9.17, 15) is 20.3 Å². The average molecular weight is 419 g/mol. The number of ether oxygens (including phenoxy) is 3. The second kappa shape index (κ2) is 8.39. The first-order valence-electron chi connectivity index (χ1n) is 9.19. The molecule has 0 radical (unpaired) electrons. The number of nitro benzene ring substituents is 1. The summed E-state index contributed by atoms with van der Waals surface area (Å²) in [5, 5.41) is 32.0. The lowest BCUT2D eigenvalue weighted by Gasteiger charge is -2.46. The Balaban J connectivity index is 1.43. The highest BCUT2D eigenvalue weighted by Crippen LogP contribution is 2.39. The Morgan fingerprint density at radius 1 is 1.03 bits per heavy atom. The predicted molar refractivity (Wildman–Crippen MR) is 104 cm³/mol. The van der Waals surface area contributed by atoms with Crippen LogP contribution in [0.3, 0.4) is 0 Å². The summed E-state index contributed by atoms with van der Waals surface area (Å²) >= 11 is 1.34. The topological polar surface area (TPSA) is 111 Å². The molecule has 0 spiro atoms. The molecule has 1 unspecified atom stereocenters. The van der Waals surface area contributed by atoms with E-state index < -0.39 is 41.1 Å². The maximum Gasteiger partial charge on any atom is 0.269 e. The number of fused-ring (bicyclic) bond motifs is 1. The van der Waals surface area contributed by atoms with Crippen molar-refractivity contribution < 1.29 is 29.3 Å². The number of hydrogen-bond donors (Lipinski definition) is 2. The van der Waals surface area contributed by atoms with E-state index >= 15 is 0 Å². The minimum atomic E-state index is -1.15. The van der Waals surface area contributed by atoms with E-state index in [2.05, 4.69) is 0 Å². The first kappa shape index (κ1) is 20.3. The molecule has 2 heterocycles. The Morgan fingerprint density at radius 3 is 2.38 bits per heavy atom. The van der Waals surface area contributed by atoms with Crippen molar-refractivity contribution in [2.75, 3.05) is 6.61 Å². The van der Waals surface area contributed by atoms with E-state index in [0.717, 1.165) is 10.5 Å². The van der Waals surface area contributed by atoms with Crippen LogP contribution in [0.4, 0.5) is 5.69 Å². The first-order valence-corrected chi connectivity index (χ1v) is 10.1. The van der Waals surface area contributed by atoms with Gasteiger partial charge in [0.15, 0.2) is 6.29 Å². The first-order chi connectivity index (χ1) is 13.9. The molecule has 0 saturated carbocycles. The molecule has 8 nitrogen and oxygen atoms in total. The fourth-order valence-electron chi connectivity index (χ4n) is 3.35. The number of rotatable bonds is 4. The molecule has 4 rings (SSSR count). The molecule has 2 aromatic carbocycles. The van der Waals surface area contributed by atoms with Gasteiger partial charge in [0, 0.05) is 22.6 Å². The van der Waals surface area contributed by atoms with E-state index in [1.54, 1.807) is 12.1 Å². The molecule has 29 heavy (non-hydrogen) atoms. The minimum Gasteiger partial charge on any atom is -0.387 e. The zero-order valence-electron chi connectivity index (χ0n) is 15.6. The van der Waals surface area contributed by atoms with Crippen LogP contribution in [0.2, 0.25) is 0 Å². The summed E-state index contributed by atoms with van der Waals surface area (Å²) in [5.41, 5.74) is 1.03. The van der Waals surface area contributed by atoms with E-state index in [1.807, 2.05) is 31.2 Å². The number of aryl methyl sites for hydroxylation is 1. The SMILES string of the molecule is Cc1ccc(S[C@@H]2O[C@@H]3COC(c4ccc([N+](=O)[O-])cc4)O[C@@H]3[C@H](O)[C@H]2O)cc1. The number of thioether (sulfide) groups is 1. The van der Waals surface area contributed by atoms with Crippen LogP contribution in [0.15, 0.2) is 53.4 Å². The molecule has 154 valence electrons. The van der Waals surface area contributed by atoms with Crippen LogP contribution in [0.25, 0.3) is 0 Å². The summed E-state index contributed by atoms with van der Waals surface area (Å²) in [6.45, 7) is 2.16. The van der Waals surface area contributed by atoms with Crippen LogP contribution < -0.4 is 0 Å². The molecule has 0 aromatic heterocycles. The van der Waals surface area contributed by atoms with Gasteiger partial charge in [0.25, 0.3) is 5.69 Å². The van der Waals surface area contributed by atoms with Crippen molar-refractivity contribution in [3.8, 4) is 0 Å². The molecule has 2 aromatic rings. The maximum atomic E-state index is 10.8. The van der Waals surface area contributed by atoms with E-state index in [1.165, 1.54) is 23.9 Å². The van der Waals surface area contributed by atoms with Crippen LogP contribution in [0.5, 0.6) is 0 Å². The quantitative estimate of drug-likeness (QED) is 0.575. The fraction of sp³-hybridized carbons (Fsp3) is 0.400. The number of nitro groups is 1. The third-order valence-corrected chi connectivity index (χ3v) is 6.15. The van der Waals surface area contributed by atoms with Crippen molar-refractivity contribution in [3.05, 3.63) is 69.8 Å². The summed E-state index contributed by atoms with van der Waals surface area (Å²) in [5.74, 6) is 0. The van der Waals surface area contributed by atoms with Crippen molar-refractivity contribution in [2.45, 2.75) is 48.0 Å². The summed E-state index contributed by atoms with van der Waals surface area (Å²) in [7, 11) is 0. The Bertz CT molecular complexity index is 858. The third-order valence-electron chi connectivity index (χ3n) is 4.98. The lowest BCUT2D eigenvalue weighted by atomic mass is 9.99. The van der Waals surface area contributed by atoms with Crippen molar-refractivity contribution in [1.82, 2.24) is 0 Å². The minimum absolute atomic E-state index is 0.0325. The number of aliphatic hydroxyl groups is 2. The van der Waals surface area contributed by atoms with Gasteiger partial charge in [0.2, 0.25) is 0 Å². The third kappa shape index (κ3) is 4.30. The normalized spacial score (nSPS) is 31.8. The van der Waals surface area contributed by atoms with Gasteiger partial charge < -0.3 is 24.4 Å². The molecule has 2 aliphatic rings. The van der Waals surface area contributed by atoms with E-state index in [-0.39, 0.29) is 12.3 Å². The Hall–Kier alpha value is -2.01. The highest BCUT2D eigenvalue weighted by atomic mass is 32.2. The van der Waals surface area contributed by atoms with Gasteiger partial charge >= 0.3 is 0 Å². The van der Waals surface area contributed by atoms with Crippen molar-refractivity contribution >= 4 is 17.4 Å². The average Bonchev–Trinajstić information content (AvgIpc) is 2.73. The highest BCUT2D eigenvalue weighted by Gasteiger charge is 2.49. The van der Waals surface area contributed by atoms with E-state index in [0.29, 0.717) is 5.56 Å². The zero-order chi connectivity index (χ0) is 20.5. The molecule has 9 heteroatoms. The number of non-ortho nitro benzene ring substituents is 1. The van der Waals surface area contributed by atoms with Crippen LogP contribution in [0.1, 0.15) is 17.4 Å². The van der Waals surface area contributed by atoms with Gasteiger partial charge in [-0.15, -0.1) is 0 Å². The Morgan fingerprint density at radius 2 is 1.72 bits per heavy atom. The van der Waals surface area contributed by atoms with Gasteiger partial charge in [0.05, 0.1) is 11.5 Å². The van der Waals surface area contributed by atoms with Gasteiger partial charge in [-0.3, -0.25) is 10.1 Å². The zero-order valence-corrected chi connectivity index (χ0v) is 16.4. The van der Waals surface area contributed by atoms with Gasteiger partial charge in [-0.2, -0.15) is 0 Å². The standard InChI is InChI=1S/C20H21NO7S/c1-11-2-8-14(9-3-11)29-20-17(23)16(22)18-15(27-20)10-26-19(28-18)12-4-6-13(7-5-12)21(24)25/h2-9,15-20,22-23H,10H2,1H3/t15-,16-,17-,18+,19?,20+/m1/s1. The highest BCUT2D eigenvalue weighted by molar-refractivity contribution is 7.99. The second-order valence-corrected chi connectivity index (χ2v) is 8.24. The molecule has 2 fully saturated rings. The number of benzene rings is 2. The molecule has 2 N–H and O–H groups in total. The Kier molecular flexibility index (Phi) is 5.86. The molecule has 0 bridgehead atoms. The second-order valence-electron chi connectivity index (χ2n) is 7.07. The molecular weight excluding hydrogens is 398 g/mol. The van der Waals surface area contributed by atoms with Crippen LogP contribution >= 0.6 is 11.8 Å². The van der Waals surface area contributed by atoms with Crippen molar-refractivity contribution in [3.63, 3.8) is 0 Å². The number of hydrogen-bond acceptors (Lipinski definition) is 8. The molecular formula is C20H21NO7S. The molecule has 6 atom stereocenters. The number of nitrogens with zero attached hydrogens (tertiary/aromatic N) is 1. The fourth-order valence-corrected chi connectivity index (χ4v) is 4.41. The summed E-state index contributed by atoms with van der Waals surface area (Å²) in [6, 6.07) is 13.6. The molecule has 2 saturated heterocycles. The number of aliphatic hydroxyl groups excluding tert-OH is 2. The monoisotopic (exact) mass is 419 g/mol. The van der Waals surface area contributed by atoms with Gasteiger partial charge in [-0.25, -0.2) is 0 Å². The van der Waals surface area contributed by atoms with Crippen molar-refractivity contribution in [2.24, 2.45) is 0 Å². The summed E-state index contributed by atoms with van der Waals surface area (Å²) in [6.07, 6.45) is -4.40.